The van der Waals surface area contributed by atoms with Crippen LogP contribution in [0.3, 0.4) is 0 Å². The number of rotatable bonds is 7. The molecule has 2 N–H and O–H groups in total. The third kappa shape index (κ3) is 5.74. The fraction of sp³-hybridized carbons (Fsp3) is 0.421. The Hall–Kier alpha value is -1.54. The fourth-order valence-electron chi connectivity index (χ4n) is 3.03. The Bertz CT molecular complexity index is 690. The highest BCUT2D eigenvalue weighted by Crippen LogP contribution is 2.16. The zero-order valence-corrected chi connectivity index (χ0v) is 16.4. The Kier molecular flexibility index (Phi) is 7.37. The summed E-state index contributed by atoms with van der Waals surface area (Å²) >= 11 is 7.30. The van der Waals surface area contributed by atoms with Gasteiger partial charge < -0.3 is 19.9 Å². The number of thiocarbonyl (C=S) groups is 1. The van der Waals surface area contributed by atoms with E-state index < -0.39 is 0 Å². The van der Waals surface area contributed by atoms with Crippen LogP contribution in [0.15, 0.2) is 41.8 Å². The van der Waals surface area contributed by atoms with Crippen LogP contribution in [0, 0.1) is 5.82 Å². The van der Waals surface area contributed by atoms with Crippen LogP contribution < -0.4 is 10.2 Å². The van der Waals surface area contributed by atoms with E-state index >= 15 is 0 Å². The van der Waals surface area contributed by atoms with Gasteiger partial charge in [-0.05, 0) is 35.8 Å². The Balaban J connectivity index is 1.58. The van der Waals surface area contributed by atoms with Crippen molar-refractivity contribution in [1.29, 1.82) is 0 Å². The molecule has 7 heteroatoms. The molecule has 2 heterocycles. The van der Waals surface area contributed by atoms with Gasteiger partial charge in [-0.25, -0.2) is 4.39 Å². The fourth-order valence-corrected chi connectivity index (χ4v) is 4.02. The second-order valence-electron chi connectivity index (χ2n) is 6.38. The van der Waals surface area contributed by atoms with E-state index in [0.29, 0.717) is 10.8 Å². The number of nitrogens with one attached hydrogen (secondary N) is 2. The van der Waals surface area contributed by atoms with Crippen molar-refractivity contribution in [3.63, 3.8) is 0 Å². The van der Waals surface area contributed by atoms with Crippen molar-refractivity contribution in [3.8, 4) is 0 Å². The van der Waals surface area contributed by atoms with Gasteiger partial charge in [0.25, 0.3) is 0 Å². The van der Waals surface area contributed by atoms with Crippen LogP contribution in [0.25, 0.3) is 0 Å². The number of halogens is 1. The van der Waals surface area contributed by atoms with Crippen LogP contribution in [0.5, 0.6) is 0 Å². The lowest BCUT2D eigenvalue weighted by atomic mass is 10.3. The number of anilines is 1. The predicted molar refractivity (Wildman–Crippen MR) is 108 cm³/mol. The summed E-state index contributed by atoms with van der Waals surface area (Å²) in [5.74, 6) is -0.288. The molecule has 1 aromatic carbocycles. The van der Waals surface area contributed by atoms with Gasteiger partial charge in [-0.15, -0.1) is 11.3 Å². The minimum absolute atomic E-state index is 0.288. The number of hydrogen-bond donors (Lipinski definition) is 2. The van der Waals surface area contributed by atoms with Gasteiger partial charge in [-0.1, -0.05) is 18.2 Å². The molecule has 1 saturated heterocycles. The molecule has 0 aliphatic carbocycles. The first kappa shape index (κ1) is 19.2. The highest BCUT2D eigenvalue weighted by Gasteiger charge is 2.16. The van der Waals surface area contributed by atoms with E-state index in [4.69, 9.17) is 17.0 Å². The highest BCUT2D eigenvalue weighted by molar-refractivity contribution is 7.80. The summed E-state index contributed by atoms with van der Waals surface area (Å²) < 4.78 is 19.3. The van der Waals surface area contributed by atoms with Crippen molar-refractivity contribution in [2.24, 2.45) is 0 Å². The van der Waals surface area contributed by atoms with E-state index in [9.17, 15) is 4.39 Å². The van der Waals surface area contributed by atoms with Gasteiger partial charge in [0.2, 0.25) is 0 Å². The maximum Gasteiger partial charge on any atom is 0.173 e. The van der Waals surface area contributed by atoms with E-state index in [-0.39, 0.29) is 5.82 Å². The number of para-hydroxylation sites is 1. The zero-order chi connectivity index (χ0) is 18.2. The minimum Gasteiger partial charge on any atom is -0.370 e. The molecular weight excluding hydrogens is 369 g/mol. The molecular formula is C19H25FN3OS2+. The Morgan fingerprint density at radius 2 is 2.04 bits per heavy atom. The molecule has 1 fully saturated rings. The summed E-state index contributed by atoms with van der Waals surface area (Å²) in [6, 6.07) is 10.8. The summed E-state index contributed by atoms with van der Waals surface area (Å²) in [5, 5.41) is 5.71. The van der Waals surface area contributed by atoms with Crippen molar-refractivity contribution in [1.82, 2.24) is 4.90 Å². The van der Waals surface area contributed by atoms with Crippen LogP contribution in [-0.2, 0) is 11.3 Å². The number of thiophene rings is 1. The van der Waals surface area contributed by atoms with E-state index in [1.165, 1.54) is 10.9 Å². The monoisotopic (exact) mass is 394 g/mol. The average Bonchev–Trinajstić information content (AvgIpc) is 3.17. The van der Waals surface area contributed by atoms with Crippen molar-refractivity contribution < 1.29 is 14.0 Å². The Labute approximate surface area is 163 Å². The van der Waals surface area contributed by atoms with Gasteiger partial charge in [0.1, 0.15) is 18.9 Å². The smallest absolute Gasteiger partial charge is 0.173 e. The minimum atomic E-state index is -0.288. The van der Waals surface area contributed by atoms with Gasteiger partial charge in [-0.2, -0.15) is 0 Å². The molecule has 0 spiro atoms. The first-order valence-electron chi connectivity index (χ1n) is 8.96. The van der Waals surface area contributed by atoms with Crippen LogP contribution >= 0.6 is 23.6 Å². The SMILES string of the molecule is Fc1ccccc1NC(=S)N(CCC[NH+]1CCOCC1)Cc1cccs1. The number of morpholine rings is 1. The van der Waals surface area contributed by atoms with E-state index in [1.54, 1.807) is 34.4 Å². The Morgan fingerprint density at radius 3 is 2.77 bits per heavy atom. The zero-order valence-electron chi connectivity index (χ0n) is 14.7. The van der Waals surface area contributed by atoms with Crippen LogP contribution in [0.4, 0.5) is 10.1 Å². The number of ether oxygens (including phenoxy) is 1. The largest absolute Gasteiger partial charge is 0.370 e. The summed E-state index contributed by atoms with van der Waals surface area (Å²) in [4.78, 5) is 4.97. The van der Waals surface area contributed by atoms with E-state index in [1.807, 2.05) is 6.07 Å². The van der Waals surface area contributed by atoms with Crippen LogP contribution in [0.2, 0.25) is 0 Å². The van der Waals surface area contributed by atoms with Crippen molar-refractivity contribution >= 4 is 34.4 Å². The molecule has 26 heavy (non-hydrogen) atoms. The second kappa shape index (κ2) is 9.97. The first-order chi connectivity index (χ1) is 12.7. The number of quaternary nitrogens is 1. The predicted octanol–water partition coefficient (Wildman–Crippen LogP) is 2.39. The van der Waals surface area contributed by atoms with Gasteiger partial charge in [0.15, 0.2) is 5.11 Å². The molecule has 0 amide bonds. The summed E-state index contributed by atoms with van der Waals surface area (Å²) in [7, 11) is 0. The van der Waals surface area contributed by atoms with E-state index in [2.05, 4.69) is 21.7 Å². The van der Waals surface area contributed by atoms with Crippen LogP contribution in [0.1, 0.15) is 11.3 Å². The highest BCUT2D eigenvalue weighted by atomic mass is 32.1. The van der Waals surface area contributed by atoms with Gasteiger partial charge in [-0.3, -0.25) is 0 Å². The van der Waals surface area contributed by atoms with E-state index in [0.717, 1.165) is 52.4 Å². The maximum atomic E-state index is 13.9. The quantitative estimate of drug-likeness (QED) is 0.706. The number of benzene rings is 1. The standard InChI is InChI=1S/C19H24FN3OS2/c20-17-6-1-2-7-18(17)21-19(25)23(15-16-5-3-14-26-16)9-4-8-22-10-12-24-13-11-22/h1-3,5-7,14H,4,8-13,15H2,(H,21,25)/p+1. The molecule has 3 rings (SSSR count). The molecule has 1 aliphatic rings. The molecule has 0 unspecified atom stereocenters. The van der Waals surface area contributed by atoms with Gasteiger partial charge >= 0.3 is 0 Å². The topological polar surface area (TPSA) is 28.9 Å². The summed E-state index contributed by atoms with van der Waals surface area (Å²) in [5.41, 5.74) is 0.424. The lowest BCUT2D eigenvalue weighted by Crippen LogP contribution is -3.14. The number of nitrogens with zero attached hydrogens (tertiary/aromatic N) is 1. The molecule has 1 aromatic heterocycles. The normalized spacial score (nSPS) is 15.0. The molecule has 0 bridgehead atoms. The van der Waals surface area contributed by atoms with Crippen molar-refractivity contribution in [2.75, 3.05) is 44.7 Å². The van der Waals surface area contributed by atoms with Gasteiger partial charge in [0.05, 0.1) is 32.0 Å². The molecule has 140 valence electrons. The third-order valence-corrected chi connectivity index (χ3v) is 5.71. The lowest BCUT2D eigenvalue weighted by Gasteiger charge is -2.28. The Morgan fingerprint density at radius 1 is 1.23 bits per heavy atom. The van der Waals surface area contributed by atoms with Crippen molar-refractivity contribution in [2.45, 2.75) is 13.0 Å². The number of hydrogen-bond acceptors (Lipinski definition) is 3. The molecule has 0 atom stereocenters. The molecule has 4 nitrogen and oxygen atoms in total. The lowest BCUT2D eigenvalue weighted by molar-refractivity contribution is -0.908. The molecule has 1 aliphatic heterocycles. The average molecular weight is 395 g/mol. The summed E-state index contributed by atoms with van der Waals surface area (Å²) in [6.07, 6.45) is 1.04. The van der Waals surface area contributed by atoms with Crippen LogP contribution in [-0.4, -0.2) is 49.4 Å². The third-order valence-electron chi connectivity index (χ3n) is 4.49. The van der Waals surface area contributed by atoms with Crippen molar-refractivity contribution in [3.05, 3.63) is 52.5 Å². The van der Waals surface area contributed by atoms with Gasteiger partial charge in [0, 0.05) is 17.8 Å². The summed E-state index contributed by atoms with van der Waals surface area (Å²) in [6.45, 7) is 6.54. The molecule has 2 aromatic rings. The second-order valence-corrected chi connectivity index (χ2v) is 7.80. The maximum absolute atomic E-state index is 13.9. The first-order valence-corrected chi connectivity index (χ1v) is 10.3. The molecule has 0 saturated carbocycles. The molecule has 0 radical (unpaired) electrons.